The number of piperazine rings is 1. The lowest BCUT2D eigenvalue weighted by atomic mass is 9.87. The lowest BCUT2D eigenvalue weighted by Crippen LogP contribution is -2.71. The molecule has 3 aliphatic rings. The lowest BCUT2D eigenvalue weighted by Gasteiger charge is -2.56. The quantitative estimate of drug-likeness (QED) is 0.863. The zero-order valence-electron chi connectivity index (χ0n) is 13.4. The molecule has 2 bridgehead atoms. The maximum atomic E-state index is 13.3. The van der Waals surface area contributed by atoms with Gasteiger partial charge in [0.1, 0.15) is 0 Å². The van der Waals surface area contributed by atoms with Crippen LogP contribution < -0.4 is 10.2 Å². The molecule has 5 rings (SSSR count). The highest BCUT2D eigenvalue weighted by atomic mass is 19.1. The zero-order chi connectivity index (χ0) is 16.7. The van der Waals surface area contributed by atoms with Crippen molar-refractivity contribution in [1.29, 1.82) is 0 Å². The van der Waals surface area contributed by atoms with E-state index in [1.807, 2.05) is 42.2 Å². The van der Waals surface area contributed by atoms with Gasteiger partial charge in [0.25, 0.3) is 0 Å². The maximum absolute atomic E-state index is 13.3. The second-order valence-electron chi connectivity index (χ2n) is 6.49. The number of aromatic nitrogens is 1. The number of carbonyl (C=O) groups is 1. The number of carbonyl (C=O) groups excluding carboxylic acids is 1. The molecule has 1 N–H and O–H groups in total. The topological polar surface area (TPSA) is 48.5 Å². The predicted molar refractivity (Wildman–Crippen MR) is 90.6 cm³/mol. The summed E-state index contributed by atoms with van der Waals surface area (Å²) in [6, 6.07) is 11.3. The van der Waals surface area contributed by atoms with Gasteiger partial charge in [0.05, 0.1) is 12.1 Å². The molecule has 3 saturated heterocycles. The average Bonchev–Trinajstić information content (AvgIpc) is 2.57. The summed E-state index contributed by atoms with van der Waals surface area (Å²) >= 11 is 0. The van der Waals surface area contributed by atoms with Crippen molar-refractivity contribution in [3.63, 3.8) is 0 Å². The number of rotatable bonds is 2. The summed E-state index contributed by atoms with van der Waals surface area (Å²) in [6.45, 7) is 3.46. The summed E-state index contributed by atoms with van der Waals surface area (Å²) in [7, 11) is 0. The van der Waals surface area contributed by atoms with Gasteiger partial charge in [-0.2, -0.15) is 4.39 Å². The second-order valence-corrected chi connectivity index (χ2v) is 6.49. The fourth-order valence-corrected chi connectivity index (χ4v) is 3.57. The largest absolute Gasteiger partial charge is 0.367 e. The van der Waals surface area contributed by atoms with Crippen molar-refractivity contribution in [3.8, 4) is 0 Å². The Kier molecular flexibility index (Phi) is 3.59. The molecule has 24 heavy (non-hydrogen) atoms. The first-order valence-electron chi connectivity index (χ1n) is 8.12. The molecule has 0 radical (unpaired) electrons. The molecule has 2 amide bonds. The number of halogens is 1. The van der Waals surface area contributed by atoms with Crippen molar-refractivity contribution < 1.29 is 9.18 Å². The number of urea groups is 1. The van der Waals surface area contributed by atoms with Gasteiger partial charge in [-0.1, -0.05) is 17.7 Å². The van der Waals surface area contributed by atoms with Crippen LogP contribution in [0.2, 0.25) is 0 Å². The summed E-state index contributed by atoms with van der Waals surface area (Å²) in [6.07, 6.45) is 2.48. The molecule has 0 spiro atoms. The number of amides is 2. The Morgan fingerprint density at radius 2 is 1.92 bits per heavy atom. The number of fused-ring (bicyclic) bond motifs is 2. The van der Waals surface area contributed by atoms with E-state index in [9.17, 15) is 9.18 Å². The van der Waals surface area contributed by atoms with Crippen molar-refractivity contribution in [2.24, 2.45) is 0 Å². The van der Waals surface area contributed by atoms with E-state index in [0.717, 1.165) is 36.4 Å². The molecule has 124 valence electrons. The molecule has 6 heteroatoms. The van der Waals surface area contributed by atoms with Crippen LogP contribution in [0.3, 0.4) is 0 Å². The first kappa shape index (κ1) is 14.9. The first-order valence-corrected chi connectivity index (χ1v) is 8.12. The minimum absolute atomic E-state index is 0.0549. The van der Waals surface area contributed by atoms with Gasteiger partial charge in [-0.05, 0) is 31.5 Å². The predicted octanol–water partition coefficient (Wildman–Crippen LogP) is 3.02. The highest BCUT2D eigenvalue weighted by molar-refractivity contribution is 5.90. The molecule has 0 aliphatic carbocycles. The van der Waals surface area contributed by atoms with Crippen molar-refractivity contribution in [1.82, 2.24) is 9.88 Å². The van der Waals surface area contributed by atoms with Crippen molar-refractivity contribution in [2.45, 2.75) is 25.4 Å². The van der Waals surface area contributed by atoms with E-state index in [-0.39, 0.29) is 18.1 Å². The average molecular weight is 326 g/mol. The molecule has 0 saturated carbocycles. The van der Waals surface area contributed by atoms with E-state index >= 15 is 0 Å². The Morgan fingerprint density at radius 1 is 1.21 bits per heavy atom. The summed E-state index contributed by atoms with van der Waals surface area (Å²) in [5.74, 6) is -0.472. The number of aryl methyl sites for hydroxylation is 1. The molecule has 2 atom stereocenters. The van der Waals surface area contributed by atoms with Gasteiger partial charge in [-0.15, -0.1) is 0 Å². The lowest BCUT2D eigenvalue weighted by molar-refractivity contribution is 0.0439. The molecule has 5 nitrogen and oxygen atoms in total. The number of piperidine rings is 1. The van der Waals surface area contributed by atoms with E-state index in [4.69, 9.17) is 0 Å². The third kappa shape index (κ3) is 2.68. The number of nitrogens with zero attached hydrogens (tertiary/aromatic N) is 3. The molecule has 2 unspecified atom stereocenters. The standard InChI is InChI=1S/C18H19FN4O/c1-12-2-4-13(5-3-12)21-18(24)23-15-8-16(23)11-22(10-15)14-6-7-20-17(19)9-14/h2-7,9,15-16H,8,10-11H2,1H3,(H,21,24). The van der Waals surface area contributed by atoms with Crippen molar-refractivity contribution in [3.05, 3.63) is 54.1 Å². The van der Waals surface area contributed by atoms with Crippen molar-refractivity contribution >= 4 is 17.4 Å². The fourth-order valence-electron chi connectivity index (χ4n) is 3.57. The third-order valence-electron chi connectivity index (χ3n) is 4.81. The molecule has 1 aromatic carbocycles. The first-order chi connectivity index (χ1) is 11.6. The summed E-state index contributed by atoms with van der Waals surface area (Å²) in [5, 5.41) is 2.96. The van der Waals surface area contributed by atoms with Crippen LogP contribution in [0.4, 0.5) is 20.6 Å². The number of pyridine rings is 1. The van der Waals surface area contributed by atoms with Crippen LogP contribution in [-0.2, 0) is 0 Å². The van der Waals surface area contributed by atoms with E-state index in [2.05, 4.69) is 15.2 Å². The Balaban J connectivity index is 1.41. The van der Waals surface area contributed by atoms with Crippen LogP contribution in [0.25, 0.3) is 0 Å². The zero-order valence-corrected chi connectivity index (χ0v) is 13.4. The molecule has 4 heterocycles. The second kappa shape index (κ2) is 5.78. The molecule has 3 fully saturated rings. The Morgan fingerprint density at radius 3 is 2.58 bits per heavy atom. The van der Waals surface area contributed by atoms with Gasteiger partial charge in [0.2, 0.25) is 5.95 Å². The van der Waals surface area contributed by atoms with E-state index < -0.39 is 5.95 Å². The number of hydrogen-bond donors (Lipinski definition) is 1. The fraction of sp³-hybridized carbons (Fsp3) is 0.333. The molecule has 2 aromatic rings. The molecule has 3 aliphatic heterocycles. The smallest absolute Gasteiger partial charge is 0.322 e. The van der Waals surface area contributed by atoms with Crippen LogP contribution >= 0.6 is 0 Å². The summed E-state index contributed by atoms with van der Waals surface area (Å²) < 4.78 is 13.3. The molecular formula is C18H19FN4O. The number of hydrogen-bond acceptors (Lipinski definition) is 3. The van der Waals surface area contributed by atoms with Crippen LogP contribution in [-0.4, -0.2) is 41.1 Å². The van der Waals surface area contributed by atoms with Gasteiger partial charge in [-0.25, -0.2) is 9.78 Å². The Hall–Kier alpha value is -2.63. The van der Waals surface area contributed by atoms with Gasteiger partial charge in [-0.3, -0.25) is 0 Å². The minimum Gasteiger partial charge on any atom is -0.367 e. The summed E-state index contributed by atoms with van der Waals surface area (Å²) in [4.78, 5) is 20.1. The van der Waals surface area contributed by atoms with Gasteiger partial charge >= 0.3 is 6.03 Å². The summed E-state index contributed by atoms with van der Waals surface area (Å²) in [5.41, 5.74) is 2.80. The third-order valence-corrected chi connectivity index (χ3v) is 4.81. The maximum Gasteiger partial charge on any atom is 0.322 e. The minimum atomic E-state index is -0.472. The highest BCUT2D eigenvalue weighted by Crippen LogP contribution is 2.35. The molecular weight excluding hydrogens is 307 g/mol. The van der Waals surface area contributed by atoms with Gasteiger partial charge < -0.3 is 15.1 Å². The number of benzene rings is 1. The highest BCUT2D eigenvalue weighted by Gasteiger charge is 2.47. The monoisotopic (exact) mass is 326 g/mol. The van der Waals surface area contributed by atoms with E-state index in [0.29, 0.717) is 0 Å². The number of anilines is 2. The normalized spacial score (nSPS) is 22.1. The van der Waals surface area contributed by atoms with Gasteiger partial charge in [0.15, 0.2) is 0 Å². The van der Waals surface area contributed by atoms with Gasteiger partial charge in [0, 0.05) is 36.7 Å². The Bertz CT molecular complexity index is 752. The van der Waals surface area contributed by atoms with E-state index in [1.165, 1.54) is 12.3 Å². The Labute approximate surface area is 140 Å². The SMILES string of the molecule is Cc1ccc(NC(=O)N2C3CC2CN(c2ccnc(F)c2)C3)cc1. The van der Waals surface area contributed by atoms with Crippen LogP contribution in [0.15, 0.2) is 42.6 Å². The molecule has 1 aromatic heterocycles. The van der Waals surface area contributed by atoms with Crippen molar-refractivity contribution in [2.75, 3.05) is 23.3 Å². The van der Waals surface area contributed by atoms with Crippen LogP contribution in [0.1, 0.15) is 12.0 Å². The van der Waals surface area contributed by atoms with Crippen LogP contribution in [0.5, 0.6) is 0 Å². The number of nitrogens with one attached hydrogen (secondary N) is 1. The van der Waals surface area contributed by atoms with Crippen LogP contribution in [0, 0.1) is 12.9 Å². The van der Waals surface area contributed by atoms with E-state index in [1.54, 1.807) is 0 Å².